The number of ether oxygens (including phenoxy) is 1. The van der Waals surface area contributed by atoms with Crippen molar-refractivity contribution in [3.05, 3.63) is 18.5 Å². The molecule has 1 aliphatic heterocycles. The first kappa shape index (κ1) is 12.2. The van der Waals surface area contributed by atoms with E-state index in [4.69, 9.17) is 4.74 Å². The summed E-state index contributed by atoms with van der Waals surface area (Å²) in [6.07, 6.45) is 5.76. The van der Waals surface area contributed by atoms with Crippen LogP contribution in [0.15, 0.2) is 18.5 Å². The van der Waals surface area contributed by atoms with Crippen LogP contribution in [-0.2, 0) is 4.74 Å². The van der Waals surface area contributed by atoms with Crippen LogP contribution in [0.3, 0.4) is 0 Å². The Balaban J connectivity index is 2.00. The second-order valence-electron chi connectivity index (χ2n) is 5.15. The highest BCUT2D eigenvalue weighted by Gasteiger charge is 2.28. The Kier molecular flexibility index (Phi) is 3.52. The highest BCUT2D eigenvalue weighted by molar-refractivity contribution is 5.54. The van der Waals surface area contributed by atoms with Crippen LogP contribution in [0, 0.1) is 0 Å². The molecular formula is C13H21N3O. The molecule has 2 heterocycles. The zero-order valence-corrected chi connectivity index (χ0v) is 10.8. The fourth-order valence-corrected chi connectivity index (χ4v) is 2.25. The van der Waals surface area contributed by atoms with E-state index in [1.54, 1.807) is 0 Å². The molecule has 1 fully saturated rings. The average Bonchev–Trinajstić information content (AvgIpc) is 2.28. The van der Waals surface area contributed by atoms with E-state index in [1.807, 2.05) is 19.4 Å². The number of nitrogens with one attached hydrogen (secondary N) is 2. The Labute approximate surface area is 103 Å². The number of aromatic nitrogens is 1. The average molecular weight is 235 g/mol. The summed E-state index contributed by atoms with van der Waals surface area (Å²) in [6, 6.07) is 2.54. The van der Waals surface area contributed by atoms with Crippen molar-refractivity contribution in [3.8, 4) is 0 Å². The van der Waals surface area contributed by atoms with Gasteiger partial charge in [0.15, 0.2) is 0 Å². The van der Waals surface area contributed by atoms with Crippen molar-refractivity contribution in [2.24, 2.45) is 0 Å². The fourth-order valence-electron chi connectivity index (χ4n) is 2.25. The SMILES string of the molecule is CNc1cncc(NC2CCOC(C)(C)C2)c1. The van der Waals surface area contributed by atoms with E-state index < -0.39 is 0 Å². The number of hydrogen-bond acceptors (Lipinski definition) is 4. The molecule has 0 radical (unpaired) electrons. The van der Waals surface area contributed by atoms with Gasteiger partial charge in [0, 0.05) is 19.7 Å². The van der Waals surface area contributed by atoms with E-state index in [2.05, 4.69) is 35.5 Å². The van der Waals surface area contributed by atoms with E-state index in [9.17, 15) is 0 Å². The van der Waals surface area contributed by atoms with Crippen molar-refractivity contribution in [1.82, 2.24) is 4.98 Å². The van der Waals surface area contributed by atoms with Crippen LogP contribution in [0.1, 0.15) is 26.7 Å². The maximum Gasteiger partial charge on any atom is 0.0646 e. The second-order valence-corrected chi connectivity index (χ2v) is 5.15. The Hall–Kier alpha value is -1.29. The second kappa shape index (κ2) is 4.92. The minimum absolute atomic E-state index is 0.0238. The van der Waals surface area contributed by atoms with Gasteiger partial charge in [0.25, 0.3) is 0 Å². The first-order valence-corrected chi connectivity index (χ1v) is 6.12. The molecule has 94 valence electrons. The van der Waals surface area contributed by atoms with Crippen molar-refractivity contribution < 1.29 is 4.74 Å². The third-order valence-corrected chi connectivity index (χ3v) is 3.09. The van der Waals surface area contributed by atoms with Gasteiger partial charge in [0.05, 0.1) is 29.4 Å². The topological polar surface area (TPSA) is 46.2 Å². The predicted octanol–water partition coefficient (Wildman–Crippen LogP) is 2.49. The van der Waals surface area contributed by atoms with Gasteiger partial charge in [0.2, 0.25) is 0 Å². The minimum Gasteiger partial charge on any atom is -0.387 e. The zero-order valence-electron chi connectivity index (χ0n) is 10.8. The molecule has 2 N–H and O–H groups in total. The molecule has 0 aromatic carbocycles. The van der Waals surface area contributed by atoms with Crippen molar-refractivity contribution >= 4 is 11.4 Å². The first-order valence-electron chi connectivity index (χ1n) is 6.12. The van der Waals surface area contributed by atoms with E-state index in [0.29, 0.717) is 6.04 Å². The molecule has 1 saturated heterocycles. The quantitative estimate of drug-likeness (QED) is 0.845. The Morgan fingerprint density at radius 1 is 1.35 bits per heavy atom. The molecule has 0 aliphatic carbocycles. The summed E-state index contributed by atoms with van der Waals surface area (Å²) in [6.45, 7) is 5.11. The standard InChI is InChI=1S/C13H21N3O/c1-13(2)7-10(4-5-17-13)16-12-6-11(14-3)8-15-9-12/h6,8-10,14,16H,4-5,7H2,1-3H3. The lowest BCUT2D eigenvalue weighted by Gasteiger charge is -2.36. The highest BCUT2D eigenvalue weighted by Crippen LogP contribution is 2.26. The van der Waals surface area contributed by atoms with Crippen molar-refractivity contribution in [1.29, 1.82) is 0 Å². The van der Waals surface area contributed by atoms with Gasteiger partial charge in [-0.1, -0.05) is 0 Å². The maximum absolute atomic E-state index is 5.71. The first-order chi connectivity index (χ1) is 8.09. The lowest BCUT2D eigenvalue weighted by atomic mass is 9.94. The van der Waals surface area contributed by atoms with Gasteiger partial charge in [-0.05, 0) is 32.8 Å². The summed E-state index contributed by atoms with van der Waals surface area (Å²) in [5.41, 5.74) is 2.07. The summed E-state index contributed by atoms with van der Waals surface area (Å²) in [4.78, 5) is 4.20. The van der Waals surface area contributed by atoms with E-state index in [1.165, 1.54) is 0 Å². The largest absolute Gasteiger partial charge is 0.387 e. The molecule has 1 aromatic heterocycles. The molecule has 1 atom stereocenters. The molecule has 1 aromatic rings. The summed E-state index contributed by atoms with van der Waals surface area (Å²) in [5, 5.41) is 6.62. The number of anilines is 2. The van der Waals surface area contributed by atoms with Gasteiger partial charge >= 0.3 is 0 Å². The number of pyridine rings is 1. The number of hydrogen-bond donors (Lipinski definition) is 2. The molecule has 17 heavy (non-hydrogen) atoms. The molecule has 4 nitrogen and oxygen atoms in total. The lowest BCUT2D eigenvalue weighted by Crippen LogP contribution is -2.40. The third kappa shape index (κ3) is 3.33. The summed E-state index contributed by atoms with van der Waals surface area (Å²) in [7, 11) is 1.90. The van der Waals surface area contributed by atoms with Crippen LogP contribution in [0.2, 0.25) is 0 Å². The highest BCUT2D eigenvalue weighted by atomic mass is 16.5. The van der Waals surface area contributed by atoms with Crippen molar-refractivity contribution in [3.63, 3.8) is 0 Å². The van der Waals surface area contributed by atoms with Crippen LogP contribution < -0.4 is 10.6 Å². The minimum atomic E-state index is -0.0238. The Morgan fingerprint density at radius 2 is 2.12 bits per heavy atom. The van der Waals surface area contributed by atoms with E-state index in [-0.39, 0.29) is 5.60 Å². The molecule has 0 spiro atoms. The van der Waals surface area contributed by atoms with Gasteiger partial charge in [0.1, 0.15) is 0 Å². The van der Waals surface area contributed by atoms with E-state index in [0.717, 1.165) is 30.8 Å². The van der Waals surface area contributed by atoms with Crippen LogP contribution in [0.4, 0.5) is 11.4 Å². The summed E-state index contributed by atoms with van der Waals surface area (Å²) < 4.78 is 5.71. The lowest BCUT2D eigenvalue weighted by molar-refractivity contribution is -0.0553. The Morgan fingerprint density at radius 3 is 2.82 bits per heavy atom. The molecule has 0 amide bonds. The monoisotopic (exact) mass is 235 g/mol. The van der Waals surface area contributed by atoms with Crippen LogP contribution in [0.5, 0.6) is 0 Å². The van der Waals surface area contributed by atoms with Crippen LogP contribution in [-0.4, -0.2) is 30.3 Å². The normalized spacial score (nSPS) is 23.1. The van der Waals surface area contributed by atoms with E-state index >= 15 is 0 Å². The molecule has 2 rings (SSSR count). The van der Waals surface area contributed by atoms with Gasteiger partial charge in [-0.3, -0.25) is 4.98 Å². The molecular weight excluding hydrogens is 214 g/mol. The van der Waals surface area contributed by atoms with Gasteiger partial charge in [-0.15, -0.1) is 0 Å². The number of nitrogens with zero attached hydrogens (tertiary/aromatic N) is 1. The van der Waals surface area contributed by atoms with Gasteiger partial charge in [-0.25, -0.2) is 0 Å². The number of rotatable bonds is 3. The van der Waals surface area contributed by atoms with Crippen LogP contribution in [0.25, 0.3) is 0 Å². The zero-order chi connectivity index (χ0) is 12.3. The molecule has 0 bridgehead atoms. The molecule has 1 unspecified atom stereocenters. The molecule has 1 aliphatic rings. The van der Waals surface area contributed by atoms with Crippen LogP contribution >= 0.6 is 0 Å². The van der Waals surface area contributed by atoms with Gasteiger partial charge < -0.3 is 15.4 Å². The summed E-state index contributed by atoms with van der Waals surface area (Å²) in [5.74, 6) is 0. The Bertz CT molecular complexity index is 379. The predicted molar refractivity (Wildman–Crippen MR) is 70.5 cm³/mol. The third-order valence-electron chi connectivity index (χ3n) is 3.09. The fraction of sp³-hybridized carbons (Fsp3) is 0.615. The molecule has 0 saturated carbocycles. The van der Waals surface area contributed by atoms with Crippen molar-refractivity contribution in [2.45, 2.75) is 38.3 Å². The molecule has 4 heteroatoms. The van der Waals surface area contributed by atoms with Crippen molar-refractivity contribution in [2.75, 3.05) is 24.3 Å². The smallest absolute Gasteiger partial charge is 0.0646 e. The van der Waals surface area contributed by atoms with Gasteiger partial charge in [-0.2, -0.15) is 0 Å². The maximum atomic E-state index is 5.71. The summed E-state index contributed by atoms with van der Waals surface area (Å²) >= 11 is 0.